The Morgan fingerprint density at radius 2 is 1.95 bits per heavy atom. The van der Waals surface area contributed by atoms with Crippen molar-refractivity contribution < 1.29 is 4.92 Å². The van der Waals surface area contributed by atoms with E-state index in [-0.39, 0.29) is 11.2 Å². The molecule has 0 atom stereocenters. The quantitative estimate of drug-likeness (QED) is 0.432. The van der Waals surface area contributed by atoms with Gasteiger partial charge in [-0.05, 0) is 16.8 Å². The fourth-order valence-electron chi connectivity index (χ4n) is 2.01. The van der Waals surface area contributed by atoms with E-state index in [9.17, 15) is 10.1 Å². The molecule has 6 heteroatoms. The van der Waals surface area contributed by atoms with E-state index in [0.29, 0.717) is 18.7 Å². The molecule has 0 saturated carbocycles. The number of nitro groups is 1. The molecule has 0 fully saturated rings. The zero-order valence-corrected chi connectivity index (χ0v) is 12.3. The van der Waals surface area contributed by atoms with Gasteiger partial charge in [0, 0.05) is 13.0 Å². The number of nitrogens with zero attached hydrogens (tertiary/aromatic N) is 4. The normalized spacial score (nSPS) is 11.8. The van der Waals surface area contributed by atoms with Gasteiger partial charge in [-0.1, -0.05) is 47.0 Å². The molecule has 19 heavy (non-hydrogen) atoms. The van der Waals surface area contributed by atoms with Crippen molar-refractivity contribution in [1.82, 2.24) is 15.0 Å². The van der Waals surface area contributed by atoms with Gasteiger partial charge in [0.05, 0.1) is 5.21 Å². The SMILES string of the molecule is CCCCCCn1nnc([N+](=O)[O-])c1CC(C)(C)C. The molecule has 0 radical (unpaired) electrons. The molecule has 0 aliphatic heterocycles. The van der Waals surface area contributed by atoms with Crippen LogP contribution in [0.3, 0.4) is 0 Å². The number of unbranched alkanes of at least 4 members (excludes halogenated alkanes) is 3. The summed E-state index contributed by atoms with van der Waals surface area (Å²) in [5, 5.41) is 18.6. The minimum absolute atomic E-state index is 0.0202. The molecule has 0 unspecified atom stereocenters. The van der Waals surface area contributed by atoms with E-state index in [0.717, 1.165) is 12.8 Å². The molecule has 1 aromatic heterocycles. The molecule has 0 aliphatic rings. The lowest BCUT2D eigenvalue weighted by atomic mass is 9.90. The third-order valence-corrected chi connectivity index (χ3v) is 2.91. The van der Waals surface area contributed by atoms with Crippen LogP contribution in [-0.4, -0.2) is 19.9 Å². The molecule has 1 rings (SSSR count). The number of aromatic nitrogens is 3. The molecular formula is C13H24N4O2. The third-order valence-electron chi connectivity index (χ3n) is 2.91. The molecule has 0 spiro atoms. The zero-order chi connectivity index (χ0) is 14.5. The summed E-state index contributed by atoms with van der Waals surface area (Å²) in [6, 6.07) is 0. The fourth-order valence-corrected chi connectivity index (χ4v) is 2.01. The average molecular weight is 268 g/mol. The Morgan fingerprint density at radius 3 is 2.47 bits per heavy atom. The van der Waals surface area contributed by atoms with E-state index < -0.39 is 4.92 Å². The van der Waals surface area contributed by atoms with Gasteiger partial charge in [0.2, 0.25) is 0 Å². The van der Waals surface area contributed by atoms with Crippen LogP contribution in [-0.2, 0) is 13.0 Å². The second kappa shape index (κ2) is 6.63. The molecule has 1 aromatic rings. The van der Waals surface area contributed by atoms with Crippen molar-refractivity contribution in [3.05, 3.63) is 15.8 Å². The van der Waals surface area contributed by atoms with Crippen LogP contribution in [0, 0.1) is 15.5 Å². The molecule has 0 saturated heterocycles. The summed E-state index contributed by atoms with van der Waals surface area (Å²) in [4.78, 5) is 10.6. The highest BCUT2D eigenvalue weighted by molar-refractivity contribution is 5.25. The monoisotopic (exact) mass is 268 g/mol. The van der Waals surface area contributed by atoms with Crippen LogP contribution in [0.1, 0.15) is 59.1 Å². The standard InChI is InChI=1S/C13H24N4O2/c1-5-6-7-8-9-16-11(10-13(2,3)4)12(14-15-16)17(18)19/h5-10H2,1-4H3. The number of rotatable bonds is 7. The molecular weight excluding hydrogens is 244 g/mol. The largest absolute Gasteiger partial charge is 0.413 e. The van der Waals surface area contributed by atoms with Crippen molar-refractivity contribution in [2.75, 3.05) is 0 Å². The summed E-state index contributed by atoms with van der Waals surface area (Å²) in [6.07, 6.45) is 5.09. The summed E-state index contributed by atoms with van der Waals surface area (Å²) in [5.74, 6) is -0.0922. The molecule has 1 heterocycles. The zero-order valence-electron chi connectivity index (χ0n) is 12.3. The first-order chi connectivity index (χ1) is 8.85. The highest BCUT2D eigenvalue weighted by atomic mass is 16.6. The molecule has 0 N–H and O–H groups in total. The molecule has 0 amide bonds. The van der Waals surface area contributed by atoms with E-state index >= 15 is 0 Å². The first kappa shape index (κ1) is 15.6. The number of hydrogen-bond donors (Lipinski definition) is 0. The molecule has 0 bridgehead atoms. The van der Waals surface area contributed by atoms with Crippen LogP contribution in [0.4, 0.5) is 5.82 Å². The van der Waals surface area contributed by atoms with E-state index in [1.807, 2.05) is 0 Å². The van der Waals surface area contributed by atoms with Gasteiger partial charge < -0.3 is 10.1 Å². The van der Waals surface area contributed by atoms with Crippen molar-refractivity contribution in [1.29, 1.82) is 0 Å². The average Bonchev–Trinajstić information content (AvgIpc) is 2.65. The first-order valence-corrected chi connectivity index (χ1v) is 6.92. The van der Waals surface area contributed by atoms with Crippen molar-refractivity contribution in [3.8, 4) is 0 Å². The Morgan fingerprint density at radius 1 is 1.26 bits per heavy atom. The maximum atomic E-state index is 11.0. The Hall–Kier alpha value is -1.46. The lowest BCUT2D eigenvalue weighted by Gasteiger charge is -2.17. The second-order valence-electron chi connectivity index (χ2n) is 6.14. The van der Waals surface area contributed by atoms with Crippen LogP contribution in [0.5, 0.6) is 0 Å². The summed E-state index contributed by atoms with van der Waals surface area (Å²) >= 11 is 0. The third kappa shape index (κ3) is 4.96. The van der Waals surface area contributed by atoms with E-state index in [1.54, 1.807) is 4.68 Å². The predicted octanol–water partition coefficient (Wildman–Crippen LogP) is 3.36. The van der Waals surface area contributed by atoms with Crippen LogP contribution in [0.15, 0.2) is 0 Å². The Kier molecular flexibility index (Phi) is 5.44. The second-order valence-corrected chi connectivity index (χ2v) is 6.14. The van der Waals surface area contributed by atoms with Crippen molar-refractivity contribution in [2.24, 2.45) is 5.41 Å². The Labute approximate surface area is 114 Å². The minimum atomic E-state index is -0.434. The molecule has 108 valence electrons. The summed E-state index contributed by atoms with van der Waals surface area (Å²) in [6.45, 7) is 9.05. The molecule has 6 nitrogen and oxygen atoms in total. The summed E-state index contributed by atoms with van der Waals surface area (Å²) in [5.41, 5.74) is 0.627. The van der Waals surface area contributed by atoms with E-state index in [2.05, 4.69) is 38.0 Å². The Bertz CT molecular complexity index is 421. The van der Waals surface area contributed by atoms with Crippen molar-refractivity contribution in [3.63, 3.8) is 0 Å². The maximum absolute atomic E-state index is 11.0. The lowest BCUT2D eigenvalue weighted by molar-refractivity contribution is -0.390. The lowest BCUT2D eigenvalue weighted by Crippen LogP contribution is -2.15. The van der Waals surface area contributed by atoms with Crippen molar-refractivity contribution in [2.45, 2.75) is 66.3 Å². The maximum Gasteiger partial charge on any atom is 0.413 e. The van der Waals surface area contributed by atoms with Crippen LogP contribution in [0.25, 0.3) is 0 Å². The predicted molar refractivity (Wildman–Crippen MR) is 74.0 cm³/mol. The summed E-state index contributed by atoms with van der Waals surface area (Å²) in [7, 11) is 0. The summed E-state index contributed by atoms with van der Waals surface area (Å²) < 4.78 is 1.71. The van der Waals surface area contributed by atoms with Gasteiger partial charge in [0.15, 0.2) is 0 Å². The topological polar surface area (TPSA) is 73.8 Å². The smallest absolute Gasteiger partial charge is 0.358 e. The highest BCUT2D eigenvalue weighted by Gasteiger charge is 2.27. The van der Waals surface area contributed by atoms with Gasteiger partial charge in [-0.2, -0.15) is 0 Å². The Balaban J connectivity index is 2.82. The highest BCUT2D eigenvalue weighted by Crippen LogP contribution is 2.25. The number of hydrogen-bond acceptors (Lipinski definition) is 4. The van der Waals surface area contributed by atoms with Gasteiger partial charge >= 0.3 is 5.82 Å². The van der Waals surface area contributed by atoms with Gasteiger partial charge in [0.25, 0.3) is 0 Å². The van der Waals surface area contributed by atoms with E-state index in [1.165, 1.54) is 12.8 Å². The first-order valence-electron chi connectivity index (χ1n) is 6.92. The van der Waals surface area contributed by atoms with Crippen LogP contribution in [0.2, 0.25) is 0 Å². The molecule has 0 aliphatic carbocycles. The van der Waals surface area contributed by atoms with Gasteiger partial charge in [-0.25, -0.2) is 4.68 Å². The minimum Gasteiger partial charge on any atom is -0.358 e. The van der Waals surface area contributed by atoms with Gasteiger partial charge in [-0.3, -0.25) is 0 Å². The van der Waals surface area contributed by atoms with Crippen molar-refractivity contribution >= 4 is 5.82 Å². The van der Waals surface area contributed by atoms with E-state index in [4.69, 9.17) is 0 Å². The number of aryl methyl sites for hydroxylation is 1. The van der Waals surface area contributed by atoms with Gasteiger partial charge in [-0.15, -0.1) is 0 Å². The van der Waals surface area contributed by atoms with Gasteiger partial charge in [0.1, 0.15) is 10.8 Å². The van der Waals surface area contributed by atoms with Crippen LogP contribution < -0.4 is 0 Å². The molecule has 0 aromatic carbocycles. The fraction of sp³-hybridized carbons (Fsp3) is 0.846. The van der Waals surface area contributed by atoms with Crippen LogP contribution >= 0.6 is 0 Å².